The standard InChI is InChI=1S/C14H22N4O2/c1-13(2)11(14(13,3)4)12-15-16-17-18(12)9(7-10(19)20)8-5-6-8/h8-9,11H,5-7H2,1-4H3,(H,19,20). The van der Waals surface area contributed by atoms with Gasteiger partial charge in [0.2, 0.25) is 0 Å². The first-order valence-corrected chi connectivity index (χ1v) is 7.26. The Morgan fingerprint density at radius 3 is 2.40 bits per heavy atom. The van der Waals surface area contributed by atoms with Gasteiger partial charge in [-0.25, -0.2) is 4.68 Å². The Bertz CT molecular complexity index is 531. The molecule has 1 heterocycles. The van der Waals surface area contributed by atoms with Crippen molar-refractivity contribution in [2.75, 3.05) is 0 Å². The van der Waals surface area contributed by atoms with Crippen LogP contribution in [0.3, 0.4) is 0 Å². The van der Waals surface area contributed by atoms with E-state index in [1.54, 1.807) is 4.68 Å². The van der Waals surface area contributed by atoms with Crippen LogP contribution >= 0.6 is 0 Å². The van der Waals surface area contributed by atoms with Gasteiger partial charge in [-0.3, -0.25) is 4.79 Å². The summed E-state index contributed by atoms with van der Waals surface area (Å²) in [5, 5.41) is 21.3. The molecule has 2 aliphatic rings. The number of tetrazole rings is 1. The molecule has 1 atom stereocenters. The fourth-order valence-electron chi connectivity index (χ4n) is 3.58. The fourth-order valence-corrected chi connectivity index (χ4v) is 3.58. The van der Waals surface area contributed by atoms with Crippen molar-refractivity contribution < 1.29 is 9.90 Å². The quantitative estimate of drug-likeness (QED) is 0.893. The van der Waals surface area contributed by atoms with Crippen LogP contribution in [0.4, 0.5) is 0 Å². The van der Waals surface area contributed by atoms with Crippen LogP contribution in [0, 0.1) is 16.7 Å². The molecule has 1 aromatic heterocycles. The molecular weight excluding hydrogens is 256 g/mol. The molecule has 0 spiro atoms. The number of aliphatic carboxylic acids is 1. The van der Waals surface area contributed by atoms with Crippen molar-refractivity contribution >= 4 is 5.97 Å². The van der Waals surface area contributed by atoms with Crippen molar-refractivity contribution in [1.29, 1.82) is 0 Å². The molecule has 110 valence electrons. The normalized spacial score (nSPS) is 25.4. The minimum atomic E-state index is -0.780. The Balaban J connectivity index is 1.92. The second-order valence-electron chi connectivity index (χ2n) is 7.36. The summed E-state index contributed by atoms with van der Waals surface area (Å²) in [4.78, 5) is 11.1. The lowest BCUT2D eigenvalue weighted by Gasteiger charge is -2.16. The van der Waals surface area contributed by atoms with E-state index in [4.69, 9.17) is 5.11 Å². The lowest BCUT2D eigenvalue weighted by molar-refractivity contribution is -0.138. The molecule has 0 aliphatic heterocycles. The van der Waals surface area contributed by atoms with Crippen molar-refractivity contribution in [3.63, 3.8) is 0 Å². The lowest BCUT2D eigenvalue weighted by atomic mass is 10.0. The smallest absolute Gasteiger partial charge is 0.305 e. The number of aromatic nitrogens is 4. The van der Waals surface area contributed by atoms with Crippen molar-refractivity contribution in [2.45, 2.75) is 58.9 Å². The van der Waals surface area contributed by atoms with E-state index in [0.717, 1.165) is 18.7 Å². The number of hydrogen-bond acceptors (Lipinski definition) is 4. The predicted molar refractivity (Wildman–Crippen MR) is 72.1 cm³/mol. The Labute approximate surface area is 118 Å². The van der Waals surface area contributed by atoms with Crippen LogP contribution < -0.4 is 0 Å². The third kappa shape index (κ3) is 1.84. The molecule has 6 nitrogen and oxygen atoms in total. The van der Waals surface area contributed by atoms with E-state index in [0.29, 0.717) is 11.8 Å². The second kappa shape index (κ2) is 4.02. The molecule has 3 rings (SSSR count). The monoisotopic (exact) mass is 278 g/mol. The zero-order chi connectivity index (χ0) is 14.7. The summed E-state index contributed by atoms with van der Waals surface area (Å²) >= 11 is 0. The first-order chi connectivity index (χ1) is 9.26. The largest absolute Gasteiger partial charge is 0.481 e. The van der Waals surface area contributed by atoms with E-state index >= 15 is 0 Å². The van der Waals surface area contributed by atoms with Crippen LogP contribution in [0.25, 0.3) is 0 Å². The molecule has 0 bridgehead atoms. The van der Waals surface area contributed by atoms with Crippen molar-refractivity contribution in [3.8, 4) is 0 Å². The number of nitrogens with zero attached hydrogens (tertiary/aromatic N) is 4. The Kier molecular flexibility index (Phi) is 2.72. The number of carbonyl (C=O) groups is 1. The van der Waals surface area contributed by atoms with Crippen LogP contribution in [-0.2, 0) is 4.79 Å². The van der Waals surface area contributed by atoms with Gasteiger partial charge in [0.15, 0.2) is 5.82 Å². The molecule has 20 heavy (non-hydrogen) atoms. The molecule has 0 saturated heterocycles. The van der Waals surface area contributed by atoms with E-state index in [1.165, 1.54) is 0 Å². The molecule has 2 saturated carbocycles. The van der Waals surface area contributed by atoms with Gasteiger partial charge in [0, 0.05) is 5.92 Å². The molecular formula is C14H22N4O2. The Morgan fingerprint density at radius 1 is 1.35 bits per heavy atom. The van der Waals surface area contributed by atoms with Crippen molar-refractivity contribution in [2.24, 2.45) is 16.7 Å². The van der Waals surface area contributed by atoms with Gasteiger partial charge in [0.25, 0.3) is 0 Å². The highest BCUT2D eigenvalue weighted by molar-refractivity contribution is 5.67. The molecule has 1 unspecified atom stereocenters. The van der Waals surface area contributed by atoms with Gasteiger partial charge >= 0.3 is 5.97 Å². The van der Waals surface area contributed by atoms with Gasteiger partial charge < -0.3 is 5.11 Å². The lowest BCUT2D eigenvalue weighted by Crippen LogP contribution is -2.20. The van der Waals surface area contributed by atoms with Gasteiger partial charge in [-0.1, -0.05) is 27.7 Å². The Hall–Kier alpha value is -1.46. The molecule has 0 radical (unpaired) electrons. The first-order valence-electron chi connectivity index (χ1n) is 7.26. The van der Waals surface area contributed by atoms with Gasteiger partial charge in [-0.15, -0.1) is 5.10 Å². The third-order valence-corrected chi connectivity index (χ3v) is 5.66. The SMILES string of the molecule is CC1(C)C(c2nnnn2C(CC(=O)O)C2CC2)C1(C)C. The summed E-state index contributed by atoms with van der Waals surface area (Å²) in [5.41, 5.74) is 0.299. The molecule has 1 N–H and O–H groups in total. The summed E-state index contributed by atoms with van der Waals surface area (Å²) in [6.07, 6.45) is 2.26. The zero-order valence-electron chi connectivity index (χ0n) is 12.5. The van der Waals surface area contributed by atoms with E-state index in [2.05, 4.69) is 43.2 Å². The summed E-state index contributed by atoms with van der Waals surface area (Å²) in [7, 11) is 0. The zero-order valence-corrected chi connectivity index (χ0v) is 12.5. The number of carboxylic acid groups (broad SMARTS) is 1. The highest BCUT2D eigenvalue weighted by Crippen LogP contribution is 2.73. The maximum atomic E-state index is 11.1. The van der Waals surface area contributed by atoms with Crippen LogP contribution in [-0.4, -0.2) is 31.3 Å². The number of rotatable bonds is 5. The third-order valence-electron chi connectivity index (χ3n) is 5.66. The van der Waals surface area contributed by atoms with E-state index in [9.17, 15) is 4.79 Å². The molecule has 1 aromatic rings. The molecule has 0 aromatic carbocycles. The highest BCUT2D eigenvalue weighted by atomic mass is 16.4. The van der Waals surface area contributed by atoms with Crippen LogP contribution in [0.5, 0.6) is 0 Å². The van der Waals surface area contributed by atoms with Crippen LogP contribution in [0.2, 0.25) is 0 Å². The molecule has 0 amide bonds. The van der Waals surface area contributed by atoms with Crippen molar-refractivity contribution in [3.05, 3.63) is 5.82 Å². The van der Waals surface area contributed by atoms with Gasteiger partial charge in [0.1, 0.15) is 0 Å². The summed E-state index contributed by atoms with van der Waals surface area (Å²) < 4.78 is 1.80. The average Bonchev–Trinajstić information content (AvgIpc) is 3.15. The minimum absolute atomic E-state index is 0.0929. The van der Waals surface area contributed by atoms with E-state index in [-0.39, 0.29) is 23.3 Å². The Morgan fingerprint density at radius 2 is 1.95 bits per heavy atom. The summed E-state index contributed by atoms with van der Waals surface area (Å²) in [6, 6.07) is -0.0929. The maximum absolute atomic E-state index is 11.1. The molecule has 6 heteroatoms. The van der Waals surface area contributed by atoms with Gasteiger partial charge in [-0.05, 0) is 40.0 Å². The highest BCUT2D eigenvalue weighted by Gasteiger charge is 2.67. The summed E-state index contributed by atoms with van der Waals surface area (Å²) in [5.74, 6) is 0.786. The van der Waals surface area contributed by atoms with E-state index in [1.807, 2.05) is 0 Å². The first kappa shape index (κ1) is 13.5. The predicted octanol–water partition coefficient (Wildman–Crippen LogP) is 2.25. The summed E-state index contributed by atoms with van der Waals surface area (Å²) in [6.45, 7) is 8.89. The fraction of sp³-hybridized carbons (Fsp3) is 0.857. The average molecular weight is 278 g/mol. The molecule has 2 fully saturated rings. The van der Waals surface area contributed by atoms with Crippen LogP contribution in [0.1, 0.15) is 64.7 Å². The number of carboxylic acids is 1. The van der Waals surface area contributed by atoms with Gasteiger partial charge in [-0.2, -0.15) is 0 Å². The van der Waals surface area contributed by atoms with Gasteiger partial charge in [0.05, 0.1) is 12.5 Å². The number of hydrogen-bond donors (Lipinski definition) is 1. The maximum Gasteiger partial charge on any atom is 0.305 e. The van der Waals surface area contributed by atoms with Crippen LogP contribution in [0.15, 0.2) is 0 Å². The van der Waals surface area contributed by atoms with E-state index < -0.39 is 5.97 Å². The topological polar surface area (TPSA) is 80.9 Å². The molecule has 2 aliphatic carbocycles. The second-order valence-corrected chi connectivity index (χ2v) is 7.36. The minimum Gasteiger partial charge on any atom is -0.481 e. The van der Waals surface area contributed by atoms with Crippen molar-refractivity contribution in [1.82, 2.24) is 20.2 Å².